The summed E-state index contributed by atoms with van der Waals surface area (Å²) in [4.78, 5) is 13.3. The number of carbonyl (C=O) groups excluding carboxylic acids is 1. The van der Waals surface area contributed by atoms with Crippen LogP contribution in [0, 0.1) is 0 Å². The number of rotatable bonds is 35. The van der Waals surface area contributed by atoms with Gasteiger partial charge in [-0.3, -0.25) is 4.79 Å². The van der Waals surface area contributed by atoms with Gasteiger partial charge in [0.2, 0.25) is 0 Å². The third-order valence-corrected chi connectivity index (χ3v) is 8.22. The van der Waals surface area contributed by atoms with Crippen molar-refractivity contribution in [3.8, 4) is 0 Å². The van der Waals surface area contributed by atoms with E-state index in [9.17, 15) is 4.79 Å². The highest BCUT2D eigenvalue weighted by Crippen LogP contribution is 2.12. The lowest BCUT2D eigenvalue weighted by Gasteiger charge is -2.21. The van der Waals surface area contributed by atoms with Crippen LogP contribution in [-0.4, -0.2) is 64.5 Å². The molecule has 0 N–H and O–H groups in total. The summed E-state index contributed by atoms with van der Waals surface area (Å²) in [7, 11) is 5.72. The summed E-state index contributed by atoms with van der Waals surface area (Å²) in [6.07, 6.45) is 40.4. The van der Waals surface area contributed by atoms with Gasteiger partial charge in [-0.25, -0.2) is 0 Å². The van der Waals surface area contributed by atoms with Crippen molar-refractivity contribution in [2.45, 2.75) is 174 Å². The summed E-state index contributed by atoms with van der Waals surface area (Å²) >= 11 is 0. The molecule has 0 amide bonds. The Morgan fingerprint density at radius 1 is 0.591 bits per heavy atom. The van der Waals surface area contributed by atoms with Crippen LogP contribution in [-0.2, 0) is 19.0 Å². The van der Waals surface area contributed by atoms with Crippen LogP contribution < -0.4 is 0 Å². The van der Waals surface area contributed by atoms with E-state index in [1.807, 2.05) is 0 Å². The fourth-order valence-electron chi connectivity index (χ4n) is 5.42. The highest BCUT2D eigenvalue weighted by Gasteiger charge is 2.10. The Kier molecular flexibility index (Phi) is 35.3. The molecule has 0 aromatic heterocycles. The van der Waals surface area contributed by atoms with Gasteiger partial charge in [0.1, 0.15) is 0 Å². The summed E-state index contributed by atoms with van der Waals surface area (Å²) < 4.78 is 16.9. The van der Waals surface area contributed by atoms with Gasteiger partial charge in [0.05, 0.1) is 13.2 Å². The maximum Gasteiger partial charge on any atom is 0.305 e. The molecule has 0 rings (SSSR count). The second kappa shape index (κ2) is 36.3. The second-order valence-electron chi connectivity index (χ2n) is 12.9. The van der Waals surface area contributed by atoms with Gasteiger partial charge in [-0.05, 0) is 91.1 Å². The van der Waals surface area contributed by atoms with Gasteiger partial charge in [0.15, 0.2) is 0 Å². The summed E-state index contributed by atoms with van der Waals surface area (Å²) in [5, 5.41) is 0. The molecule has 0 aliphatic rings. The molecule has 5 nitrogen and oxygen atoms in total. The molecule has 0 saturated heterocycles. The molecule has 5 heteroatoms. The number of unbranched alkanes of at least 4 members (excludes halogenated alkanes) is 19. The molecular weight excluding hydrogens is 546 g/mol. The highest BCUT2D eigenvalue weighted by atomic mass is 16.5. The maximum absolute atomic E-state index is 11.1. The van der Waals surface area contributed by atoms with E-state index in [4.69, 9.17) is 9.47 Å². The van der Waals surface area contributed by atoms with Crippen LogP contribution in [0.25, 0.3) is 0 Å². The first-order valence-electron chi connectivity index (χ1n) is 18.8. The molecule has 0 spiro atoms. The van der Waals surface area contributed by atoms with E-state index in [1.54, 1.807) is 0 Å². The minimum Gasteiger partial charge on any atom is -0.469 e. The number of methoxy groups -OCH3 is 1. The summed E-state index contributed by atoms with van der Waals surface area (Å²) in [5.74, 6) is -0.0913. The van der Waals surface area contributed by atoms with Crippen molar-refractivity contribution in [2.75, 3.05) is 47.6 Å². The minimum absolute atomic E-state index is 0.0913. The third kappa shape index (κ3) is 35.3. The number of ether oxygens (including phenoxy) is 3. The molecule has 44 heavy (non-hydrogen) atoms. The average molecular weight is 622 g/mol. The first-order valence-corrected chi connectivity index (χ1v) is 18.8. The number of esters is 1. The molecule has 0 heterocycles. The lowest BCUT2D eigenvalue weighted by molar-refractivity contribution is -0.140. The van der Waals surface area contributed by atoms with Gasteiger partial charge in [0.25, 0.3) is 0 Å². The molecule has 0 bridgehead atoms. The largest absolute Gasteiger partial charge is 0.469 e. The zero-order valence-electron chi connectivity index (χ0n) is 30.0. The summed E-state index contributed by atoms with van der Waals surface area (Å²) in [5.41, 5.74) is 0. The monoisotopic (exact) mass is 622 g/mol. The van der Waals surface area contributed by atoms with Crippen LogP contribution >= 0.6 is 0 Å². The normalized spacial score (nSPS) is 12.7. The molecule has 1 atom stereocenters. The number of nitrogens with zero attached hydrogens (tertiary/aromatic N) is 1. The third-order valence-electron chi connectivity index (χ3n) is 8.22. The Morgan fingerprint density at radius 2 is 1.05 bits per heavy atom. The van der Waals surface area contributed by atoms with E-state index in [1.165, 1.54) is 123 Å². The number of hydrogen-bond acceptors (Lipinski definition) is 5. The van der Waals surface area contributed by atoms with Crippen LogP contribution in [0.4, 0.5) is 0 Å². The summed E-state index contributed by atoms with van der Waals surface area (Å²) in [6.45, 7) is 5.82. The van der Waals surface area contributed by atoms with E-state index in [0.29, 0.717) is 6.42 Å². The van der Waals surface area contributed by atoms with Crippen LogP contribution in [0.2, 0.25) is 0 Å². The van der Waals surface area contributed by atoms with Crippen molar-refractivity contribution in [3.05, 3.63) is 24.3 Å². The standard InChI is InChI=1S/C39H75NO4/c1-5-6-7-8-9-10-11-12-15-18-21-24-27-30-34-43-36-33-38(37-40(2)3)44-35-31-28-25-22-19-16-13-14-17-20-23-26-29-32-39(41)42-4/h10-11,14,17,38H,5-9,12-13,15-16,18-37H2,1-4H3/b11-10-,17-14-. The molecule has 0 aliphatic carbocycles. The topological polar surface area (TPSA) is 48.0 Å². The molecule has 0 saturated carbocycles. The van der Waals surface area contributed by atoms with Crippen LogP contribution in [0.1, 0.15) is 167 Å². The van der Waals surface area contributed by atoms with Crippen LogP contribution in [0.3, 0.4) is 0 Å². The second-order valence-corrected chi connectivity index (χ2v) is 12.9. The highest BCUT2D eigenvalue weighted by molar-refractivity contribution is 5.68. The zero-order chi connectivity index (χ0) is 32.2. The van der Waals surface area contributed by atoms with Crippen LogP contribution in [0.5, 0.6) is 0 Å². The van der Waals surface area contributed by atoms with Gasteiger partial charge in [0, 0.05) is 32.8 Å². The Bertz CT molecular complexity index is 634. The predicted octanol–water partition coefficient (Wildman–Crippen LogP) is 11.0. The molecule has 260 valence electrons. The van der Waals surface area contributed by atoms with E-state index in [0.717, 1.165) is 64.9 Å². The Morgan fingerprint density at radius 3 is 1.55 bits per heavy atom. The van der Waals surface area contributed by atoms with E-state index < -0.39 is 0 Å². The van der Waals surface area contributed by atoms with Crippen molar-refractivity contribution >= 4 is 5.97 Å². The fourth-order valence-corrected chi connectivity index (χ4v) is 5.42. The average Bonchev–Trinajstić information content (AvgIpc) is 3.01. The van der Waals surface area contributed by atoms with Crippen molar-refractivity contribution < 1.29 is 19.0 Å². The molecule has 0 aliphatic heterocycles. The van der Waals surface area contributed by atoms with Gasteiger partial charge in [-0.2, -0.15) is 0 Å². The minimum atomic E-state index is -0.0913. The SMILES string of the molecule is CCCCCC/C=C\CCCCCCCCOCCC(CN(C)C)OCCCCCCCC/C=C\CCCCCC(=O)OC. The van der Waals surface area contributed by atoms with Crippen molar-refractivity contribution in [3.63, 3.8) is 0 Å². The molecule has 0 aromatic rings. The lowest BCUT2D eigenvalue weighted by atomic mass is 10.1. The zero-order valence-corrected chi connectivity index (χ0v) is 30.0. The summed E-state index contributed by atoms with van der Waals surface area (Å²) in [6, 6.07) is 0. The smallest absolute Gasteiger partial charge is 0.305 e. The van der Waals surface area contributed by atoms with Crippen molar-refractivity contribution in [1.82, 2.24) is 4.90 Å². The van der Waals surface area contributed by atoms with E-state index >= 15 is 0 Å². The Labute approximate surface area is 274 Å². The fraction of sp³-hybridized carbons (Fsp3) is 0.872. The predicted molar refractivity (Wildman–Crippen MR) is 191 cm³/mol. The van der Waals surface area contributed by atoms with Gasteiger partial charge >= 0.3 is 5.97 Å². The van der Waals surface area contributed by atoms with Crippen molar-refractivity contribution in [2.24, 2.45) is 0 Å². The molecule has 0 radical (unpaired) electrons. The van der Waals surface area contributed by atoms with Gasteiger partial charge in [-0.15, -0.1) is 0 Å². The first kappa shape index (κ1) is 42.8. The van der Waals surface area contributed by atoms with Gasteiger partial charge in [-0.1, -0.05) is 108 Å². The van der Waals surface area contributed by atoms with E-state index in [-0.39, 0.29) is 12.1 Å². The number of allylic oxidation sites excluding steroid dienone is 4. The Balaban J connectivity index is 3.54. The number of likely N-dealkylation sites (N-methyl/N-ethyl adjacent to an activating group) is 1. The lowest BCUT2D eigenvalue weighted by Crippen LogP contribution is -2.30. The molecule has 0 fully saturated rings. The van der Waals surface area contributed by atoms with Gasteiger partial charge < -0.3 is 19.1 Å². The molecule has 0 aromatic carbocycles. The van der Waals surface area contributed by atoms with Crippen LogP contribution in [0.15, 0.2) is 24.3 Å². The maximum atomic E-state index is 11.1. The Hall–Kier alpha value is -1.17. The molecule has 1 unspecified atom stereocenters. The molecular formula is C39H75NO4. The number of hydrogen-bond donors (Lipinski definition) is 0. The first-order chi connectivity index (χ1) is 21.6. The van der Waals surface area contributed by atoms with Crippen molar-refractivity contribution in [1.29, 1.82) is 0 Å². The number of carbonyl (C=O) groups is 1. The van der Waals surface area contributed by atoms with E-state index in [2.05, 4.69) is 55.0 Å². The quantitative estimate of drug-likeness (QED) is 0.0400.